The molecule has 0 unspecified atom stereocenters. The quantitative estimate of drug-likeness (QED) is 0.804. The molecule has 2 aromatic heterocycles. The number of aliphatic hydroxyl groups excluding tert-OH is 1. The highest BCUT2D eigenvalue weighted by atomic mass is 16.3. The van der Waals surface area contributed by atoms with Crippen LogP contribution < -0.4 is 5.32 Å². The van der Waals surface area contributed by atoms with E-state index < -0.39 is 0 Å². The van der Waals surface area contributed by atoms with Crippen LogP contribution >= 0.6 is 0 Å². The summed E-state index contributed by atoms with van der Waals surface area (Å²) in [5, 5.41) is 11.8. The summed E-state index contributed by atoms with van der Waals surface area (Å²) in [6.07, 6.45) is 7.78. The number of urea groups is 1. The van der Waals surface area contributed by atoms with Gasteiger partial charge in [-0.15, -0.1) is 0 Å². The van der Waals surface area contributed by atoms with Gasteiger partial charge in [-0.25, -0.2) is 14.8 Å². The number of hydrogen-bond acceptors (Lipinski definition) is 4. The van der Waals surface area contributed by atoms with Crippen molar-refractivity contribution in [1.82, 2.24) is 24.8 Å². The molecule has 0 aliphatic rings. The molecule has 0 aromatic carbocycles. The number of aliphatic hydroxyl groups is 1. The predicted molar refractivity (Wildman–Crippen MR) is 82.5 cm³/mol. The van der Waals surface area contributed by atoms with Crippen molar-refractivity contribution in [3.63, 3.8) is 0 Å². The van der Waals surface area contributed by atoms with Gasteiger partial charge >= 0.3 is 6.03 Å². The third-order valence-corrected chi connectivity index (χ3v) is 3.17. The van der Waals surface area contributed by atoms with Crippen LogP contribution in [0.5, 0.6) is 0 Å². The molecular weight excluding hydrogens is 282 g/mol. The van der Waals surface area contributed by atoms with Crippen LogP contribution in [0, 0.1) is 0 Å². The molecule has 0 saturated heterocycles. The van der Waals surface area contributed by atoms with Gasteiger partial charge < -0.3 is 15.3 Å². The minimum absolute atomic E-state index is 0.0332. The Morgan fingerprint density at radius 1 is 1.41 bits per heavy atom. The average Bonchev–Trinajstić information content (AvgIpc) is 3.07. The second kappa shape index (κ2) is 8.14. The topological polar surface area (TPSA) is 83.3 Å². The van der Waals surface area contributed by atoms with Gasteiger partial charge in [0.2, 0.25) is 0 Å². The van der Waals surface area contributed by atoms with Crippen LogP contribution in [-0.2, 0) is 6.54 Å². The summed E-state index contributed by atoms with van der Waals surface area (Å²) in [5.74, 6) is 0.778. The Kier molecular flexibility index (Phi) is 5.91. The van der Waals surface area contributed by atoms with E-state index in [0.717, 1.165) is 17.8 Å². The number of pyridine rings is 1. The fraction of sp³-hybridized carbons (Fsp3) is 0.400. The predicted octanol–water partition coefficient (Wildman–Crippen LogP) is 1.18. The van der Waals surface area contributed by atoms with Gasteiger partial charge in [0.1, 0.15) is 12.1 Å². The summed E-state index contributed by atoms with van der Waals surface area (Å²) in [6.45, 7) is 3.34. The number of hydrogen-bond donors (Lipinski definition) is 2. The number of nitrogens with one attached hydrogen (secondary N) is 1. The van der Waals surface area contributed by atoms with Crippen molar-refractivity contribution >= 4 is 6.03 Å². The number of carbonyl (C=O) groups excluding carboxylic acids is 1. The molecular formula is C15H21N5O2. The molecule has 2 rings (SSSR count). The van der Waals surface area contributed by atoms with Gasteiger partial charge in [-0.05, 0) is 18.1 Å². The van der Waals surface area contributed by atoms with E-state index in [2.05, 4.69) is 15.3 Å². The molecule has 0 fully saturated rings. The maximum absolute atomic E-state index is 12.0. The van der Waals surface area contributed by atoms with E-state index in [1.807, 2.05) is 29.8 Å². The lowest BCUT2D eigenvalue weighted by Crippen LogP contribution is -2.41. The van der Waals surface area contributed by atoms with Crippen molar-refractivity contribution in [3.05, 3.63) is 42.6 Å². The standard InChI is InChI=1S/C15H21N5O2/c1-2-6-19(8-9-21)15(22)18-11-13-3-4-14(17-10-13)20-7-5-16-12-20/h3-5,7,10,12,21H,2,6,8-9,11H2,1H3,(H,18,22). The zero-order valence-electron chi connectivity index (χ0n) is 12.6. The van der Waals surface area contributed by atoms with Crippen LogP contribution in [0.15, 0.2) is 37.1 Å². The second-order valence-electron chi connectivity index (χ2n) is 4.86. The summed E-state index contributed by atoms with van der Waals surface area (Å²) in [5.41, 5.74) is 0.915. The van der Waals surface area contributed by atoms with Gasteiger partial charge in [0.25, 0.3) is 0 Å². The van der Waals surface area contributed by atoms with Gasteiger partial charge in [0, 0.05) is 38.2 Å². The largest absolute Gasteiger partial charge is 0.395 e. The smallest absolute Gasteiger partial charge is 0.317 e. The van der Waals surface area contributed by atoms with E-state index in [-0.39, 0.29) is 12.6 Å². The van der Waals surface area contributed by atoms with E-state index >= 15 is 0 Å². The van der Waals surface area contributed by atoms with E-state index in [1.54, 1.807) is 23.6 Å². The Labute approximate surface area is 129 Å². The van der Waals surface area contributed by atoms with Crippen LogP contribution in [-0.4, -0.2) is 50.3 Å². The van der Waals surface area contributed by atoms with Crippen LogP contribution in [0.2, 0.25) is 0 Å². The third kappa shape index (κ3) is 4.29. The molecule has 0 saturated carbocycles. The number of amides is 2. The summed E-state index contributed by atoms with van der Waals surface area (Å²) in [6, 6.07) is 3.62. The Morgan fingerprint density at radius 2 is 2.27 bits per heavy atom. The molecule has 2 N–H and O–H groups in total. The third-order valence-electron chi connectivity index (χ3n) is 3.17. The Bertz CT molecular complexity index is 562. The second-order valence-corrected chi connectivity index (χ2v) is 4.86. The van der Waals surface area contributed by atoms with Crippen molar-refractivity contribution in [1.29, 1.82) is 0 Å². The summed E-state index contributed by atoms with van der Waals surface area (Å²) in [7, 11) is 0. The summed E-state index contributed by atoms with van der Waals surface area (Å²) < 4.78 is 1.81. The normalized spacial score (nSPS) is 10.5. The highest BCUT2D eigenvalue weighted by molar-refractivity contribution is 5.74. The fourth-order valence-corrected chi connectivity index (χ4v) is 2.06. The molecule has 0 bridgehead atoms. The number of aromatic nitrogens is 3. The molecule has 0 aliphatic carbocycles. The summed E-state index contributed by atoms with van der Waals surface area (Å²) >= 11 is 0. The maximum Gasteiger partial charge on any atom is 0.317 e. The molecule has 2 heterocycles. The number of rotatable bonds is 7. The molecule has 0 radical (unpaired) electrons. The first-order valence-corrected chi connectivity index (χ1v) is 7.31. The van der Waals surface area contributed by atoms with Gasteiger partial charge in [0.15, 0.2) is 0 Å². The van der Waals surface area contributed by atoms with E-state index in [0.29, 0.717) is 19.6 Å². The first kappa shape index (κ1) is 16.0. The lowest BCUT2D eigenvalue weighted by molar-refractivity contribution is 0.177. The lowest BCUT2D eigenvalue weighted by Gasteiger charge is -2.21. The molecule has 7 heteroatoms. The van der Waals surface area contributed by atoms with E-state index in [4.69, 9.17) is 5.11 Å². The van der Waals surface area contributed by atoms with E-state index in [9.17, 15) is 4.79 Å². The molecule has 0 atom stereocenters. The van der Waals surface area contributed by atoms with E-state index in [1.165, 1.54) is 0 Å². The Hall–Kier alpha value is -2.41. The van der Waals surface area contributed by atoms with Crippen LogP contribution in [0.4, 0.5) is 4.79 Å². The fourth-order valence-electron chi connectivity index (χ4n) is 2.06. The average molecular weight is 303 g/mol. The highest BCUT2D eigenvalue weighted by Gasteiger charge is 2.11. The minimum Gasteiger partial charge on any atom is -0.395 e. The zero-order valence-corrected chi connectivity index (χ0v) is 12.6. The monoisotopic (exact) mass is 303 g/mol. The van der Waals surface area contributed by atoms with Crippen molar-refractivity contribution in [3.8, 4) is 5.82 Å². The molecule has 118 valence electrons. The number of nitrogens with zero attached hydrogens (tertiary/aromatic N) is 4. The Morgan fingerprint density at radius 3 is 2.86 bits per heavy atom. The van der Waals surface area contributed by atoms with Crippen molar-refractivity contribution < 1.29 is 9.90 Å². The highest BCUT2D eigenvalue weighted by Crippen LogP contribution is 2.05. The minimum atomic E-state index is -0.172. The molecule has 22 heavy (non-hydrogen) atoms. The molecule has 2 amide bonds. The van der Waals surface area contributed by atoms with Gasteiger partial charge in [-0.3, -0.25) is 4.57 Å². The van der Waals surface area contributed by atoms with Crippen LogP contribution in [0.1, 0.15) is 18.9 Å². The Balaban J connectivity index is 1.89. The molecule has 0 spiro atoms. The molecule has 0 aliphatic heterocycles. The molecule has 7 nitrogen and oxygen atoms in total. The zero-order chi connectivity index (χ0) is 15.8. The maximum atomic E-state index is 12.0. The first-order chi connectivity index (χ1) is 10.7. The SMILES string of the molecule is CCCN(CCO)C(=O)NCc1ccc(-n2ccnc2)nc1. The lowest BCUT2D eigenvalue weighted by atomic mass is 10.3. The molecule has 2 aromatic rings. The van der Waals surface area contributed by atoms with Gasteiger partial charge in [0.05, 0.1) is 6.61 Å². The van der Waals surface area contributed by atoms with Crippen molar-refractivity contribution in [2.24, 2.45) is 0 Å². The summed E-state index contributed by atoms with van der Waals surface area (Å²) in [4.78, 5) is 21.9. The van der Waals surface area contributed by atoms with Crippen LogP contribution in [0.25, 0.3) is 5.82 Å². The number of carbonyl (C=O) groups is 1. The van der Waals surface area contributed by atoms with Crippen molar-refractivity contribution in [2.75, 3.05) is 19.7 Å². The van der Waals surface area contributed by atoms with Crippen molar-refractivity contribution in [2.45, 2.75) is 19.9 Å². The van der Waals surface area contributed by atoms with Crippen LogP contribution in [0.3, 0.4) is 0 Å². The van der Waals surface area contributed by atoms with Gasteiger partial charge in [-0.2, -0.15) is 0 Å². The van der Waals surface area contributed by atoms with Gasteiger partial charge in [-0.1, -0.05) is 13.0 Å². The first-order valence-electron chi connectivity index (χ1n) is 7.31. The number of imidazole rings is 1.